The summed E-state index contributed by atoms with van der Waals surface area (Å²) in [6.45, 7) is 8.03. The number of benzene rings is 1. The monoisotopic (exact) mass is 361 g/mol. The molecule has 1 fully saturated rings. The summed E-state index contributed by atoms with van der Waals surface area (Å²) in [5.74, 6) is 1.38. The van der Waals surface area contributed by atoms with Crippen LogP contribution in [0.1, 0.15) is 50.0 Å². The molecule has 1 aromatic heterocycles. The highest BCUT2D eigenvalue weighted by atomic mass is 32.2. The van der Waals surface area contributed by atoms with Crippen molar-refractivity contribution in [2.75, 3.05) is 13.1 Å². The van der Waals surface area contributed by atoms with Crippen molar-refractivity contribution in [3.05, 3.63) is 39.7 Å². The van der Waals surface area contributed by atoms with E-state index in [-0.39, 0.29) is 16.7 Å². The van der Waals surface area contributed by atoms with E-state index in [9.17, 15) is 10.1 Å². The number of aromatic nitrogens is 3. The second kappa shape index (κ2) is 7.53. The molecule has 25 heavy (non-hydrogen) atoms. The quantitative estimate of drug-likeness (QED) is 0.645. The van der Waals surface area contributed by atoms with Crippen molar-refractivity contribution in [1.82, 2.24) is 20.1 Å². The fourth-order valence-corrected chi connectivity index (χ4v) is 4.21. The molecular formula is C17H23N5O2S. The van der Waals surface area contributed by atoms with Crippen LogP contribution in [0.4, 0.5) is 5.69 Å². The van der Waals surface area contributed by atoms with Gasteiger partial charge < -0.3 is 9.88 Å². The van der Waals surface area contributed by atoms with Gasteiger partial charge in [-0.3, -0.25) is 10.1 Å². The van der Waals surface area contributed by atoms with E-state index in [0.29, 0.717) is 10.8 Å². The van der Waals surface area contributed by atoms with Gasteiger partial charge in [0.15, 0.2) is 5.16 Å². The van der Waals surface area contributed by atoms with Crippen LogP contribution >= 0.6 is 11.8 Å². The Morgan fingerprint density at radius 1 is 1.32 bits per heavy atom. The second-order valence-electron chi connectivity index (χ2n) is 6.66. The van der Waals surface area contributed by atoms with Crippen LogP contribution in [0.3, 0.4) is 0 Å². The van der Waals surface area contributed by atoms with Gasteiger partial charge in [-0.15, -0.1) is 10.2 Å². The standard InChI is InChI=1S/C17H23N5O2S/c1-11(2)21-16(13-6-8-18-9-7-13)19-20-17(21)25-15-5-4-12(3)10-14(15)22(23)24/h4-5,10-11,13,18H,6-9H2,1-3H3. The minimum atomic E-state index is -0.334. The lowest BCUT2D eigenvalue weighted by Crippen LogP contribution is -2.28. The number of piperidine rings is 1. The first-order chi connectivity index (χ1) is 12.0. The summed E-state index contributed by atoms with van der Waals surface area (Å²) in [4.78, 5) is 11.6. The molecule has 1 aromatic carbocycles. The molecule has 0 unspecified atom stereocenters. The summed E-state index contributed by atoms with van der Waals surface area (Å²) in [7, 11) is 0. The Labute approximate surface area is 151 Å². The van der Waals surface area contributed by atoms with Gasteiger partial charge >= 0.3 is 0 Å². The van der Waals surface area contributed by atoms with E-state index in [4.69, 9.17) is 0 Å². The van der Waals surface area contributed by atoms with Crippen LogP contribution in [-0.4, -0.2) is 32.8 Å². The van der Waals surface area contributed by atoms with Crippen molar-refractivity contribution >= 4 is 17.4 Å². The minimum absolute atomic E-state index is 0.117. The number of nitro groups is 1. The maximum absolute atomic E-state index is 11.4. The first-order valence-electron chi connectivity index (χ1n) is 8.55. The molecule has 1 N–H and O–H groups in total. The Hall–Kier alpha value is -1.93. The lowest BCUT2D eigenvalue weighted by Gasteiger charge is -2.24. The number of nitrogens with zero attached hydrogens (tertiary/aromatic N) is 4. The van der Waals surface area contributed by atoms with Crippen LogP contribution in [0, 0.1) is 17.0 Å². The van der Waals surface area contributed by atoms with Gasteiger partial charge in [-0.1, -0.05) is 6.07 Å². The number of nitrogens with one attached hydrogen (secondary N) is 1. The van der Waals surface area contributed by atoms with Gasteiger partial charge in [0, 0.05) is 18.0 Å². The van der Waals surface area contributed by atoms with Gasteiger partial charge in [0.25, 0.3) is 5.69 Å². The molecule has 0 amide bonds. The Bertz CT molecular complexity index is 768. The third-order valence-electron chi connectivity index (χ3n) is 4.42. The Balaban J connectivity index is 1.96. The molecule has 8 heteroatoms. The second-order valence-corrected chi connectivity index (χ2v) is 7.67. The normalized spacial score (nSPS) is 15.7. The zero-order valence-electron chi connectivity index (χ0n) is 14.7. The fourth-order valence-electron chi connectivity index (χ4n) is 3.16. The Morgan fingerprint density at radius 2 is 2.04 bits per heavy atom. The average Bonchev–Trinajstić information content (AvgIpc) is 3.01. The smallest absolute Gasteiger partial charge is 0.283 e. The molecule has 0 saturated carbocycles. The summed E-state index contributed by atoms with van der Waals surface area (Å²) in [6, 6.07) is 5.49. The molecule has 1 aliphatic rings. The number of aryl methyl sites for hydroxylation is 1. The Kier molecular flexibility index (Phi) is 5.39. The molecule has 2 heterocycles. The van der Waals surface area contributed by atoms with Crippen molar-refractivity contribution in [3.63, 3.8) is 0 Å². The lowest BCUT2D eigenvalue weighted by molar-refractivity contribution is -0.387. The third kappa shape index (κ3) is 3.85. The van der Waals surface area contributed by atoms with E-state index in [1.165, 1.54) is 11.8 Å². The van der Waals surface area contributed by atoms with Crippen LogP contribution < -0.4 is 5.32 Å². The summed E-state index contributed by atoms with van der Waals surface area (Å²) in [6.07, 6.45) is 2.08. The minimum Gasteiger partial charge on any atom is -0.317 e. The van der Waals surface area contributed by atoms with Crippen molar-refractivity contribution in [3.8, 4) is 0 Å². The predicted molar refractivity (Wildman–Crippen MR) is 97.2 cm³/mol. The zero-order chi connectivity index (χ0) is 18.0. The molecule has 0 spiro atoms. The lowest BCUT2D eigenvalue weighted by atomic mass is 9.97. The van der Waals surface area contributed by atoms with E-state index in [2.05, 4.69) is 33.9 Å². The van der Waals surface area contributed by atoms with E-state index in [1.807, 2.05) is 13.0 Å². The summed E-state index contributed by atoms with van der Waals surface area (Å²) in [5, 5.41) is 24.3. The molecule has 134 valence electrons. The molecule has 0 bridgehead atoms. The molecule has 7 nitrogen and oxygen atoms in total. The van der Waals surface area contributed by atoms with E-state index in [0.717, 1.165) is 42.5 Å². The topological polar surface area (TPSA) is 85.9 Å². The van der Waals surface area contributed by atoms with Crippen LogP contribution in [-0.2, 0) is 0 Å². The molecule has 0 aliphatic carbocycles. The number of nitro benzene ring substituents is 1. The van der Waals surface area contributed by atoms with Gasteiger partial charge in [0.1, 0.15) is 5.82 Å². The third-order valence-corrected chi connectivity index (χ3v) is 5.45. The molecule has 0 radical (unpaired) electrons. The number of hydrogen-bond acceptors (Lipinski definition) is 6. The van der Waals surface area contributed by atoms with E-state index in [1.54, 1.807) is 12.1 Å². The van der Waals surface area contributed by atoms with E-state index < -0.39 is 0 Å². The van der Waals surface area contributed by atoms with Gasteiger partial charge in [0.05, 0.1) is 9.82 Å². The fraction of sp³-hybridized carbons (Fsp3) is 0.529. The summed E-state index contributed by atoms with van der Waals surface area (Å²) >= 11 is 1.32. The van der Waals surface area contributed by atoms with Gasteiger partial charge in [-0.05, 0) is 70.1 Å². The zero-order valence-corrected chi connectivity index (χ0v) is 15.5. The molecule has 0 atom stereocenters. The highest BCUT2D eigenvalue weighted by molar-refractivity contribution is 7.99. The first-order valence-corrected chi connectivity index (χ1v) is 9.37. The SMILES string of the molecule is Cc1ccc(Sc2nnc(C3CCNCC3)n2C(C)C)c([N+](=O)[O-])c1. The maximum atomic E-state index is 11.4. The number of hydrogen-bond donors (Lipinski definition) is 1. The van der Waals surface area contributed by atoms with Gasteiger partial charge in [-0.2, -0.15) is 0 Å². The van der Waals surface area contributed by atoms with Crippen LogP contribution in [0.2, 0.25) is 0 Å². The van der Waals surface area contributed by atoms with Crippen molar-refractivity contribution in [1.29, 1.82) is 0 Å². The Morgan fingerprint density at radius 3 is 2.68 bits per heavy atom. The van der Waals surface area contributed by atoms with Crippen LogP contribution in [0.5, 0.6) is 0 Å². The predicted octanol–water partition coefficient (Wildman–Crippen LogP) is 3.69. The van der Waals surface area contributed by atoms with Gasteiger partial charge in [0.2, 0.25) is 0 Å². The molecule has 3 rings (SSSR count). The van der Waals surface area contributed by atoms with Crippen LogP contribution in [0.25, 0.3) is 0 Å². The maximum Gasteiger partial charge on any atom is 0.283 e. The van der Waals surface area contributed by atoms with Crippen molar-refractivity contribution in [2.45, 2.75) is 55.6 Å². The summed E-state index contributed by atoms with van der Waals surface area (Å²) < 4.78 is 2.13. The highest BCUT2D eigenvalue weighted by Gasteiger charge is 2.26. The molecule has 1 saturated heterocycles. The summed E-state index contributed by atoms with van der Waals surface area (Å²) in [5.41, 5.74) is 0.989. The number of rotatable bonds is 5. The first kappa shape index (κ1) is 17.9. The molecule has 2 aromatic rings. The molecular weight excluding hydrogens is 338 g/mol. The molecule has 1 aliphatic heterocycles. The largest absolute Gasteiger partial charge is 0.317 e. The van der Waals surface area contributed by atoms with Crippen molar-refractivity contribution in [2.24, 2.45) is 0 Å². The van der Waals surface area contributed by atoms with Crippen molar-refractivity contribution < 1.29 is 4.92 Å². The highest BCUT2D eigenvalue weighted by Crippen LogP contribution is 2.37. The van der Waals surface area contributed by atoms with Crippen LogP contribution in [0.15, 0.2) is 28.3 Å². The average molecular weight is 361 g/mol. The van der Waals surface area contributed by atoms with E-state index >= 15 is 0 Å². The van der Waals surface area contributed by atoms with Gasteiger partial charge in [-0.25, -0.2) is 0 Å².